The number of hydrogen-bond acceptors (Lipinski definition) is 2. The van der Waals surface area contributed by atoms with E-state index in [0.29, 0.717) is 5.92 Å². The molecule has 0 radical (unpaired) electrons. The summed E-state index contributed by atoms with van der Waals surface area (Å²) in [6.45, 7) is 0. The van der Waals surface area contributed by atoms with Gasteiger partial charge in [-0.2, -0.15) is 0 Å². The fourth-order valence-electron chi connectivity index (χ4n) is 1.46. The van der Waals surface area contributed by atoms with Crippen molar-refractivity contribution in [2.24, 2.45) is 11.7 Å². The second-order valence-corrected chi connectivity index (χ2v) is 4.43. The average molecular weight is 279 g/mol. The Hall–Kier alpha value is -0.250. The lowest BCUT2D eigenvalue weighted by Gasteiger charge is -2.11. The highest BCUT2D eigenvalue weighted by atomic mass is 79.9. The third kappa shape index (κ3) is 2.41. The van der Waals surface area contributed by atoms with Crippen LogP contribution in [0.1, 0.15) is 24.4 Å². The molecule has 0 amide bonds. The number of hydrogen-bond donors (Lipinski definition) is 2. The van der Waals surface area contributed by atoms with Crippen LogP contribution in [0.2, 0.25) is 0 Å². The van der Waals surface area contributed by atoms with E-state index in [9.17, 15) is 5.11 Å². The van der Waals surface area contributed by atoms with Gasteiger partial charge in [-0.05, 0) is 52.4 Å². The molecular formula is C10H13BrClNO. The highest BCUT2D eigenvalue weighted by molar-refractivity contribution is 9.10. The first kappa shape index (κ1) is 11.8. The molecule has 1 saturated carbocycles. The van der Waals surface area contributed by atoms with Gasteiger partial charge in [0.15, 0.2) is 0 Å². The number of aromatic hydroxyl groups is 1. The highest BCUT2D eigenvalue weighted by Crippen LogP contribution is 2.40. The summed E-state index contributed by atoms with van der Waals surface area (Å²) in [7, 11) is 0. The molecule has 1 fully saturated rings. The summed E-state index contributed by atoms with van der Waals surface area (Å²) in [5.74, 6) is 0.920. The molecule has 0 spiro atoms. The number of nitrogens with two attached hydrogens (primary N) is 1. The van der Waals surface area contributed by atoms with Crippen LogP contribution in [0.4, 0.5) is 0 Å². The summed E-state index contributed by atoms with van der Waals surface area (Å²) in [5.41, 5.74) is 7.12. The Balaban J connectivity index is 0.000000980. The molecule has 1 aliphatic rings. The topological polar surface area (TPSA) is 46.2 Å². The van der Waals surface area contributed by atoms with Crippen LogP contribution in [0.25, 0.3) is 0 Å². The lowest BCUT2D eigenvalue weighted by Crippen LogP contribution is -2.11. The first-order valence-corrected chi connectivity index (χ1v) is 5.22. The Bertz CT molecular complexity index is 328. The molecule has 78 valence electrons. The van der Waals surface area contributed by atoms with E-state index in [-0.39, 0.29) is 24.2 Å². The van der Waals surface area contributed by atoms with Crippen molar-refractivity contribution in [2.75, 3.05) is 0 Å². The summed E-state index contributed by atoms with van der Waals surface area (Å²) < 4.78 is 0.723. The Morgan fingerprint density at radius 1 is 1.43 bits per heavy atom. The van der Waals surface area contributed by atoms with Crippen molar-refractivity contribution >= 4 is 28.3 Å². The van der Waals surface area contributed by atoms with Gasteiger partial charge in [-0.25, -0.2) is 0 Å². The predicted molar refractivity (Wildman–Crippen MR) is 62.7 cm³/mol. The van der Waals surface area contributed by atoms with E-state index in [0.717, 1.165) is 10.0 Å². The number of phenols is 1. The van der Waals surface area contributed by atoms with Crippen LogP contribution < -0.4 is 5.73 Å². The fourth-order valence-corrected chi connectivity index (χ4v) is 1.85. The fraction of sp³-hybridized carbons (Fsp3) is 0.400. The van der Waals surface area contributed by atoms with Crippen molar-refractivity contribution in [2.45, 2.75) is 18.9 Å². The van der Waals surface area contributed by atoms with E-state index in [1.165, 1.54) is 12.8 Å². The van der Waals surface area contributed by atoms with E-state index < -0.39 is 0 Å². The summed E-state index contributed by atoms with van der Waals surface area (Å²) in [4.78, 5) is 0. The van der Waals surface area contributed by atoms with Gasteiger partial charge >= 0.3 is 0 Å². The predicted octanol–water partition coefficient (Wildman–Crippen LogP) is 2.99. The quantitative estimate of drug-likeness (QED) is 0.873. The summed E-state index contributed by atoms with van der Waals surface area (Å²) in [6.07, 6.45) is 2.47. The van der Waals surface area contributed by atoms with Crippen molar-refractivity contribution in [3.05, 3.63) is 28.2 Å². The van der Waals surface area contributed by atoms with Gasteiger partial charge < -0.3 is 10.8 Å². The first-order valence-electron chi connectivity index (χ1n) is 4.42. The minimum Gasteiger partial charge on any atom is -0.507 e. The molecule has 1 aliphatic carbocycles. The highest BCUT2D eigenvalue weighted by Gasteiger charge is 2.29. The molecule has 0 aromatic heterocycles. The number of phenolic OH excluding ortho intramolecular Hbond substituents is 1. The lowest BCUT2D eigenvalue weighted by atomic mass is 10.0. The molecule has 14 heavy (non-hydrogen) atoms. The van der Waals surface area contributed by atoms with Crippen LogP contribution in [0.3, 0.4) is 0 Å². The number of benzene rings is 1. The van der Waals surface area contributed by atoms with Crippen LogP contribution in [0.15, 0.2) is 22.7 Å². The van der Waals surface area contributed by atoms with Gasteiger partial charge in [-0.3, -0.25) is 0 Å². The van der Waals surface area contributed by atoms with Crippen LogP contribution in [0, 0.1) is 5.92 Å². The van der Waals surface area contributed by atoms with E-state index in [2.05, 4.69) is 15.9 Å². The van der Waals surface area contributed by atoms with Gasteiger partial charge in [0, 0.05) is 6.04 Å². The Kier molecular flexibility index (Phi) is 3.81. The third-order valence-electron chi connectivity index (χ3n) is 2.49. The van der Waals surface area contributed by atoms with Gasteiger partial charge in [0.05, 0.1) is 4.47 Å². The molecule has 1 atom stereocenters. The maximum atomic E-state index is 9.29. The minimum absolute atomic E-state index is 0. The Labute approximate surface area is 98.0 Å². The monoisotopic (exact) mass is 277 g/mol. The molecule has 4 heteroatoms. The van der Waals surface area contributed by atoms with Gasteiger partial charge in [-0.15, -0.1) is 12.4 Å². The van der Waals surface area contributed by atoms with Gasteiger partial charge in [0.25, 0.3) is 0 Å². The molecule has 2 rings (SSSR count). The van der Waals surface area contributed by atoms with Crippen LogP contribution in [0.5, 0.6) is 5.75 Å². The van der Waals surface area contributed by atoms with Gasteiger partial charge in [0.1, 0.15) is 5.75 Å². The smallest absolute Gasteiger partial charge is 0.129 e. The zero-order valence-electron chi connectivity index (χ0n) is 7.61. The molecule has 3 N–H and O–H groups in total. The van der Waals surface area contributed by atoms with Crippen molar-refractivity contribution in [3.63, 3.8) is 0 Å². The normalized spacial score (nSPS) is 17.3. The van der Waals surface area contributed by atoms with E-state index in [4.69, 9.17) is 5.73 Å². The molecule has 0 aliphatic heterocycles. The zero-order valence-corrected chi connectivity index (χ0v) is 10.0. The lowest BCUT2D eigenvalue weighted by molar-refractivity contribution is 0.471. The number of halogens is 2. The molecule has 0 heterocycles. The van der Waals surface area contributed by atoms with E-state index in [1.807, 2.05) is 12.1 Å². The molecule has 1 aromatic carbocycles. The maximum Gasteiger partial charge on any atom is 0.129 e. The third-order valence-corrected chi connectivity index (χ3v) is 3.12. The first-order chi connectivity index (χ1) is 6.18. The second-order valence-electron chi connectivity index (χ2n) is 3.57. The van der Waals surface area contributed by atoms with Crippen molar-refractivity contribution in [3.8, 4) is 5.75 Å². The maximum absolute atomic E-state index is 9.29. The average Bonchev–Trinajstić information content (AvgIpc) is 2.91. The Morgan fingerprint density at radius 2 is 2.07 bits per heavy atom. The SMILES string of the molecule is Cl.N[C@@H](c1ccc(O)c(Br)c1)C1CC1. The van der Waals surface area contributed by atoms with Crippen LogP contribution >= 0.6 is 28.3 Å². The summed E-state index contributed by atoms with van der Waals surface area (Å²) in [5, 5.41) is 9.29. The molecule has 0 saturated heterocycles. The second kappa shape index (κ2) is 4.51. The summed E-state index contributed by atoms with van der Waals surface area (Å²) in [6, 6.07) is 5.61. The summed E-state index contributed by atoms with van der Waals surface area (Å²) >= 11 is 3.28. The standard InChI is InChI=1S/C10H12BrNO.ClH/c11-8-5-7(3-4-9(8)13)10(12)6-1-2-6;/h3-6,10,13H,1-2,12H2;1H/t10-;/m1./s1. The molecule has 0 unspecified atom stereocenters. The largest absolute Gasteiger partial charge is 0.507 e. The van der Waals surface area contributed by atoms with E-state index >= 15 is 0 Å². The van der Waals surface area contributed by atoms with Crippen molar-refractivity contribution in [1.82, 2.24) is 0 Å². The molecule has 2 nitrogen and oxygen atoms in total. The van der Waals surface area contributed by atoms with Crippen molar-refractivity contribution in [1.29, 1.82) is 0 Å². The number of rotatable bonds is 2. The minimum atomic E-state index is 0. The Morgan fingerprint density at radius 3 is 2.57 bits per heavy atom. The molecule has 0 bridgehead atoms. The zero-order chi connectivity index (χ0) is 9.42. The van der Waals surface area contributed by atoms with Crippen LogP contribution in [-0.4, -0.2) is 5.11 Å². The van der Waals surface area contributed by atoms with E-state index in [1.54, 1.807) is 6.07 Å². The van der Waals surface area contributed by atoms with Crippen LogP contribution in [-0.2, 0) is 0 Å². The molecule has 1 aromatic rings. The van der Waals surface area contributed by atoms with Gasteiger partial charge in [0.2, 0.25) is 0 Å². The molecular weight excluding hydrogens is 265 g/mol. The van der Waals surface area contributed by atoms with Gasteiger partial charge in [-0.1, -0.05) is 6.07 Å². The van der Waals surface area contributed by atoms with Crippen molar-refractivity contribution < 1.29 is 5.11 Å².